The number of carbonyl (C=O) groups excluding carboxylic acids is 3. The molecule has 0 heterocycles. The summed E-state index contributed by atoms with van der Waals surface area (Å²) in [5.41, 5.74) is 1.77. The summed E-state index contributed by atoms with van der Waals surface area (Å²) in [6.07, 6.45) is 10.3. The molecule has 8 unspecified atom stereocenters. The smallest absolute Gasteiger partial charge is 0.340 e. The Kier molecular flexibility index (Phi) is 10.7. The number of halogens is 1. The van der Waals surface area contributed by atoms with Crippen LogP contribution in [-0.2, 0) is 22.6 Å². The maximum Gasteiger partial charge on any atom is 0.340 e. The van der Waals surface area contributed by atoms with Crippen LogP contribution in [0.1, 0.15) is 145 Å². The Labute approximate surface area is 316 Å². The Bertz CT molecular complexity index is 1730. The van der Waals surface area contributed by atoms with Gasteiger partial charge in [-0.2, -0.15) is 0 Å². The van der Waals surface area contributed by atoms with Crippen LogP contribution in [0.5, 0.6) is 0 Å². The number of aliphatic hydroxyl groups is 1. The summed E-state index contributed by atoms with van der Waals surface area (Å²) >= 11 is 0. The molecule has 4 aliphatic carbocycles. The normalized spacial score (nSPS) is 35.9. The fraction of sp³-hybridized carbons (Fsp3) is 0.667. The molecule has 2 amide bonds. The minimum atomic E-state index is -0.771. The highest BCUT2D eigenvalue weighted by Gasteiger charge is 2.69. The number of amides is 2. The SMILES string of the molecule is CCCC1(C(=O)NCc2cccc(C(=O)NCc3ccc(F)c(C(=O)OC)c3)c2)CC[C@]2(C)C(CCC3C4(C)CCC(O)C(C)(C)C4CCC32C)C1C. The average Bonchev–Trinajstić information content (AvgIpc) is 3.13. The Morgan fingerprint density at radius 3 is 2.28 bits per heavy atom. The van der Waals surface area contributed by atoms with Crippen LogP contribution in [0.25, 0.3) is 0 Å². The van der Waals surface area contributed by atoms with E-state index in [0.29, 0.717) is 35.4 Å². The molecule has 4 fully saturated rings. The van der Waals surface area contributed by atoms with Gasteiger partial charge in [-0.15, -0.1) is 0 Å². The van der Waals surface area contributed by atoms with E-state index in [1.807, 2.05) is 12.1 Å². The molecule has 0 aliphatic heterocycles. The van der Waals surface area contributed by atoms with Gasteiger partial charge in [0, 0.05) is 18.7 Å². The van der Waals surface area contributed by atoms with Crippen LogP contribution in [0.4, 0.5) is 4.39 Å². The van der Waals surface area contributed by atoms with E-state index < -0.39 is 17.2 Å². The van der Waals surface area contributed by atoms with Gasteiger partial charge in [-0.05, 0) is 139 Å². The second kappa shape index (κ2) is 14.4. The zero-order chi connectivity index (χ0) is 38.6. The van der Waals surface area contributed by atoms with Crippen LogP contribution in [0, 0.1) is 56.6 Å². The number of hydrogen-bond donors (Lipinski definition) is 3. The molecule has 0 radical (unpaired) electrons. The first-order chi connectivity index (χ1) is 25.0. The van der Waals surface area contributed by atoms with Crippen LogP contribution < -0.4 is 10.6 Å². The number of rotatable bonds is 9. The van der Waals surface area contributed by atoms with Crippen molar-refractivity contribution in [1.29, 1.82) is 0 Å². The van der Waals surface area contributed by atoms with E-state index in [4.69, 9.17) is 0 Å². The predicted octanol–water partition coefficient (Wildman–Crippen LogP) is 9.01. The summed E-state index contributed by atoms with van der Waals surface area (Å²) in [5.74, 6) is 0.251. The fourth-order valence-electron chi connectivity index (χ4n) is 13.0. The van der Waals surface area contributed by atoms with Crippen LogP contribution in [0.2, 0.25) is 0 Å². The summed E-state index contributed by atoms with van der Waals surface area (Å²) < 4.78 is 18.7. The molecule has 4 saturated carbocycles. The summed E-state index contributed by atoms with van der Waals surface area (Å²) in [6.45, 7) is 17.4. The minimum Gasteiger partial charge on any atom is -0.465 e. The standard InChI is InChI=1S/C45H63FN2O5/c1-9-19-45(40(52)48-27-29-11-10-12-31(24-29)38(50)47-26-30-13-15-34(46)32(25-30)39(51)53-8)23-22-43(6)33(28(45)2)14-16-36-42(5)20-18-37(49)41(3,4)35(42)17-21-44(36,43)7/h10-13,15,24-25,28,33,35-37,49H,9,14,16-23,26-27H2,1-8H3,(H,47,50)(H,48,52)/t28?,33?,35?,36?,37?,42?,43-,44?,45?/m1/s1. The molecular formula is C45H63FN2O5. The molecule has 0 saturated heterocycles. The third kappa shape index (κ3) is 6.42. The summed E-state index contributed by atoms with van der Waals surface area (Å²) in [6, 6.07) is 11.4. The molecule has 9 atom stereocenters. The lowest BCUT2D eigenvalue weighted by Crippen LogP contribution is -2.67. The maximum atomic E-state index is 14.5. The number of esters is 1. The van der Waals surface area contributed by atoms with Gasteiger partial charge < -0.3 is 20.5 Å². The lowest BCUT2D eigenvalue weighted by molar-refractivity contribution is -0.246. The maximum absolute atomic E-state index is 14.5. The van der Waals surface area contributed by atoms with Crippen molar-refractivity contribution in [2.75, 3.05) is 7.11 Å². The van der Waals surface area contributed by atoms with Crippen molar-refractivity contribution < 1.29 is 28.6 Å². The minimum absolute atomic E-state index is 0.0645. The quantitative estimate of drug-likeness (QED) is 0.224. The number of carbonyl (C=O) groups is 3. The number of nitrogens with one attached hydrogen (secondary N) is 2. The number of hydrogen-bond acceptors (Lipinski definition) is 5. The van der Waals surface area contributed by atoms with E-state index in [2.05, 4.69) is 63.8 Å². The molecule has 290 valence electrons. The first kappa shape index (κ1) is 39.4. The van der Waals surface area contributed by atoms with Crippen molar-refractivity contribution in [2.45, 2.75) is 132 Å². The Balaban J connectivity index is 1.14. The van der Waals surface area contributed by atoms with Crippen molar-refractivity contribution in [1.82, 2.24) is 10.6 Å². The Morgan fingerprint density at radius 2 is 1.57 bits per heavy atom. The molecule has 2 aromatic carbocycles. The topological polar surface area (TPSA) is 105 Å². The molecule has 0 spiro atoms. The van der Waals surface area contributed by atoms with Gasteiger partial charge in [0.1, 0.15) is 5.82 Å². The molecule has 0 aromatic heterocycles. The number of benzene rings is 2. The lowest BCUT2D eigenvalue weighted by atomic mass is 9.32. The van der Waals surface area contributed by atoms with Crippen molar-refractivity contribution in [3.05, 3.63) is 70.5 Å². The van der Waals surface area contributed by atoms with Gasteiger partial charge in [-0.25, -0.2) is 9.18 Å². The largest absolute Gasteiger partial charge is 0.465 e. The second-order valence-corrected chi connectivity index (χ2v) is 18.6. The highest BCUT2D eigenvalue weighted by molar-refractivity contribution is 5.94. The van der Waals surface area contributed by atoms with E-state index >= 15 is 0 Å². The van der Waals surface area contributed by atoms with E-state index in [1.54, 1.807) is 12.1 Å². The monoisotopic (exact) mass is 730 g/mol. The number of fused-ring (bicyclic) bond motifs is 5. The van der Waals surface area contributed by atoms with Gasteiger partial charge in [-0.3, -0.25) is 9.59 Å². The van der Waals surface area contributed by atoms with Gasteiger partial charge in [-0.1, -0.05) is 73.1 Å². The van der Waals surface area contributed by atoms with Crippen molar-refractivity contribution >= 4 is 17.8 Å². The number of ether oxygens (including phenoxy) is 1. The van der Waals surface area contributed by atoms with Crippen molar-refractivity contribution in [2.24, 2.45) is 50.7 Å². The number of methoxy groups -OCH3 is 1. The first-order valence-corrected chi connectivity index (χ1v) is 20.2. The van der Waals surface area contributed by atoms with Crippen molar-refractivity contribution in [3.63, 3.8) is 0 Å². The van der Waals surface area contributed by atoms with Gasteiger partial charge in [0.25, 0.3) is 5.91 Å². The summed E-state index contributed by atoms with van der Waals surface area (Å²) in [4.78, 5) is 39.5. The Morgan fingerprint density at radius 1 is 0.849 bits per heavy atom. The molecule has 7 nitrogen and oxygen atoms in total. The molecule has 0 bridgehead atoms. The molecule has 2 aromatic rings. The third-order valence-corrected chi connectivity index (χ3v) is 16.2. The van der Waals surface area contributed by atoms with Gasteiger partial charge in [0.15, 0.2) is 0 Å². The fourth-order valence-corrected chi connectivity index (χ4v) is 13.0. The van der Waals surface area contributed by atoms with E-state index in [0.717, 1.165) is 50.5 Å². The van der Waals surface area contributed by atoms with Crippen molar-refractivity contribution in [3.8, 4) is 0 Å². The third-order valence-electron chi connectivity index (χ3n) is 16.2. The molecule has 8 heteroatoms. The highest BCUT2D eigenvalue weighted by atomic mass is 19.1. The molecule has 4 aliphatic rings. The molecule has 6 rings (SSSR count). The summed E-state index contributed by atoms with van der Waals surface area (Å²) in [5, 5.41) is 17.2. The van der Waals surface area contributed by atoms with Gasteiger partial charge in [0.05, 0.1) is 24.2 Å². The zero-order valence-corrected chi connectivity index (χ0v) is 33.4. The van der Waals surface area contributed by atoms with Gasteiger partial charge in [0.2, 0.25) is 5.91 Å². The first-order valence-electron chi connectivity index (χ1n) is 20.2. The lowest BCUT2D eigenvalue weighted by Gasteiger charge is -2.72. The van der Waals surface area contributed by atoms with Crippen LogP contribution in [0.15, 0.2) is 42.5 Å². The van der Waals surface area contributed by atoms with E-state index in [9.17, 15) is 23.9 Å². The highest BCUT2D eigenvalue weighted by Crippen LogP contribution is 2.75. The second-order valence-electron chi connectivity index (χ2n) is 18.6. The van der Waals surface area contributed by atoms with Crippen LogP contribution in [0.3, 0.4) is 0 Å². The Hall–Kier alpha value is -3.26. The zero-order valence-electron chi connectivity index (χ0n) is 33.4. The average molecular weight is 731 g/mol. The number of aliphatic hydroxyl groups excluding tert-OH is 1. The molecule has 53 heavy (non-hydrogen) atoms. The summed E-state index contributed by atoms with van der Waals surface area (Å²) in [7, 11) is 1.20. The van der Waals surface area contributed by atoms with Crippen LogP contribution >= 0.6 is 0 Å². The van der Waals surface area contributed by atoms with E-state index in [-0.39, 0.29) is 57.6 Å². The predicted molar refractivity (Wildman–Crippen MR) is 205 cm³/mol. The van der Waals surface area contributed by atoms with Gasteiger partial charge >= 0.3 is 5.97 Å². The van der Waals surface area contributed by atoms with E-state index in [1.165, 1.54) is 44.6 Å². The molecule has 3 N–H and O–H groups in total. The molecular weight excluding hydrogens is 668 g/mol. The van der Waals surface area contributed by atoms with Crippen LogP contribution in [-0.4, -0.2) is 36.1 Å².